The lowest BCUT2D eigenvalue weighted by molar-refractivity contribution is -0.148. The summed E-state index contributed by atoms with van der Waals surface area (Å²) >= 11 is 0. The lowest BCUT2D eigenvalue weighted by Crippen LogP contribution is -2.51. The van der Waals surface area contributed by atoms with Gasteiger partial charge in [0.15, 0.2) is 0 Å². The molecule has 0 bridgehead atoms. The molecule has 28 heavy (non-hydrogen) atoms. The van der Waals surface area contributed by atoms with Gasteiger partial charge in [-0.3, -0.25) is 19.3 Å². The number of rotatable bonds is 6. The first-order valence-corrected chi connectivity index (χ1v) is 10.2. The Morgan fingerprint density at radius 3 is 2.07 bits per heavy atom. The second-order valence-electron chi connectivity index (χ2n) is 8.49. The highest BCUT2D eigenvalue weighted by molar-refractivity contribution is 6.08. The van der Waals surface area contributed by atoms with E-state index >= 15 is 0 Å². The number of amides is 3. The minimum Gasteiger partial charge on any atom is -0.348 e. The van der Waals surface area contributed by atoms with Gasteiger partial charge in [-0.15, -0.1) is 0 Å². The van der Waals surface area contributed by atoms with Gasteiger partial charge in [0.05, 0.1) is 17.9 Å². The summed E-state index contributed by atoms with van der Waals surface area (Å²) in [6.45, 7) is 7.95. The Bertz CT molecular complexity index is 756. The van der Waals surface area contributed by atoms with E-state index in [0.717, 1.165) is 11.1 Å². The Labute approximate surface area is 167 Å². The van der Waals surface area contributed by atoms with Gasteiger partial charge in [0, 0.05) is 0 Å². The molecule has 1 aromatic carbocycles. The molecule has 5 heteroatoms. The van der Waals surface area contributed by atoms with Crippen LogP contribution in [-0.4, -0.2) is 28.7 Å². The van der Waals surface area contributed by atoms with E-state index in [4.69, 9.17) is 0 Å². The third-order valence-corrected chi connectivity index (χ3v) is 5.79. The summed E-state index contributed by atoms with van der Waals surface area (Å²) in [4.78, 5) is 40.3. The van der Waals surface area contributed by atoms with Crippen LogP contribution in [0.5, 0.6) is 0 Å². The molecule has 0 aromatic heterocycles. The van der Waals surface area contributed by atoms with Gasteiger partial charge in [-0.05, 0) is 44.6 Å². The number of likely N-dealkylation sites (tertiary alicyclic amines) is 1. The van der Waals surface area contributed by atoms with Crippen molar-refractivity contribution in [3.63, 3.8) is 0 Å². The van der Waals surface area contributed by atoms with E-state index in [2.05, 4.69) is 5.32 Å². The van der Waals surface area contributed by atoms with Crippen molar-refractivity contribution >= 4 is 17.7 Å². The molecular weight excluding hydrogens is 352 g/mol. The van der Waals surface area contributed by atoms with Crippen LogP contribution in [0.15, 0.2) is 36.4 Å². The molecule has 4 unspecified atom stereocenters. The predicted octanol–water partition coefficient (Wildman–Crippen LogP) is 3.54. The van der Waals surface area contributed by atoms with E-state index in [-0.39, 0.29) is 41.5 Å². The van der Waals surface area contributed by atoms with Crippen LogP contribution in [0.3, 0.4) is 0 Å². The maximum absolute atomic E-state index is 13.1. The van der Waals surface area contributed by atoms with E-state index < -0.39 is 6.04 Å². The molecule has 1 aliphatic heterocycles. The first kappa shape index (κ1) is 20.3. The lowest BCUT2D eigenvalue weighted by atomic mass is 9.85. The van der Waals surface area contributed by atoms with Gasteiger partial charge in [-0.1, -0.05) is 55.8 Å². The smallest absolute Gasteiger partial charge is 0.243 e. The highest BCUT2D eigenvalue weighted by Gasteiger charge is 2.51. The molecule has 2 aliphatic rings. The fourth-order valence-electron chi connectivity index (χ4n) is 4.16. The van der Waals surface area contributed by atoms with Gasteiger partial charge >= 0.3 is 0 Å². The topological polar surface area (TPSA) is 66.5 Å². The number of carbonyl (C=O) groups is 3. The minimum absolute atomic E-state index is 0.187. The average Bonchev–Trinajstić information content (AvgIpc) is 2.91. The molecule has 1 N–H and O–H groups in total. The van der Waals surface area contributed by atoms with Crippen molar-refractivity contribution in [3.05, 3.63) is 47.5 Å². The molecule has 3 amide bonds. The van der Waals surface area contributed by atoms with E-state index in [1.54, 1.807) is 0 Å². The fraction of sp³-hybridized carbons (Fsp3) is 0.522. The average molecular weight is 383 g/mol. The van der Waals surface area contributed by atoms with Gasteiger partial charge in [-0.25, -0.2) is 0 Å². The van der Waals surface area contributed by atoms with Gasteiger partial charge in [0.25, 0.3) is 0 Å². The molecule has 1 heterocycles. The molecule has 3 rings (SSSR count). The molecule has 1 fully saturated rings. The zero-order chi connectivity index (χ0) is 20.4. The van der Waals surface area contributed by atoms with Crippen LogP contribution in [0.2, 0.25) is 0 Å². The van der Waals surface area contributed by atoms with Crippen molar-refractivity contribution < 1.29 is 14.4 Å². The third kappa shape index (κ3) is 4.03. The number of nitrogens with one attached hydrogen (secondary N) is 1. The lowest BCUT2D eigenvalue weighted by Gasteiger charge is -2.28. The second kappa shape index (κ2) is 8.29. The Balaban J connectivity index is 1.79. The first-order valence-electron chi connectivity index (χ1n) is 10.2. The molecule has 1 aromatic rings. The highest BCUT2D eigenvalue weighted by Crippen LogP contribution is 2.37. The van der Waals surface area contributed by atoms with E-state index in [0.29, 0.717) is 19.3 Å². The maximum Gasteiger partial charge on any atom is 0.243 e. The van der Waals surface area contributed by atoms with Crippen LogP contribution in [0.1, 0.15) is 57.2 Å². The molecule has 1 aliphatic carbocycles. The number of aryl methyl sites for hydroxylation is 1. The molecule has 5 nitrogen and oxygen atoms in total. The van der Waals surface area contributed by atoms with Gasteiger partial charge in [0.2, 0.25) is 17.7 Å². The van der Waals surface area contributed by atoms with Crippen molar-refractivity contribution in [1.29, 1.82) is 0 Å². The molecule has 0 saturated carbocycles. The normalized spacial score (nSPS) is 23.7. The Kier molecular flexibility index (Phi) is 6.01. The van der Waals surface area contributed by atoms with E-state index in [9.17, 15) is 14.4 Å². The summed E-state index contributed by atoms with van der Waals surface area (Å²) in [6.07, 6.45) is 5.57. The van der Waals surface area contributed by atoms with Crippen LogP contribution in [0, 0.1) is 24.7 Å². The van der Waals surface area contributed by atoms with Crippen LogP contribution < -0.4 is 5.32 Å². The van der Waals surface area contributed by atoms with Gasteiger partial charge < -0.3 is 5.32 Å². The summed E-state index contributed by atoms with van der Waals surface area (Å²) in [5.41, 5.74) is 2.16. The van der Waals surface area contributed by atoms with Crippen LogP contribution >= 0.6 is 0 Å². The highest BCUT2D eigenvalue weighted by atomic mass is 16.2. The van der Waals surface area contributed by atoms with Gasteiger partial charge in [-0.2, -0.15) is 0 Å². The molecule has 0 radical (unpaired) electrons. The number of benzene rings is 1. The zero-order valence-corrected chi connectivity index (χ0v) is 17.1. The van der Waals surface area contributed by atoms with Crippen molar-refractivity contribution in [2.24, 2.45) is 17.8 Å². The number of hydrogen-bond acceptors (Lipinski definition) is 3. The molecule has 0 spiro atoms. The monoisotopic (exact) mass is 382 g/mol. The summed E-state index contributed by atoms with van der Waals surface area (Å²) in [7, 11) is 0. The summed E-state index contributed by atoms with van der Waals surface area (Å²) < 4.78 is 0. The molecule has 4 atom stereocenters. The van der Waals surface area contributed by atoms with Crippen molar-refractivity contribution in [1.82, 2.24) is 10.2 Å². The van der Waals surface area contributed by atoms with E-state index in [1.165, 1.54) is 4.90 Å². The number of allylic oxidation sites excluding steroid dienone is 2. The quantitative estimate of drug-likeness (QED) is 0.604. The number of hydrogen-bond donors (Lipinski definition) is 1. The summed E-state index contributed by atoms with van der Waals surface area (Å²) in [6, 6.07) is 7.05. The minimum atomic E-state index is -0.751. The summed E-state index contributed by atoms with van der Waals surface area (Å²) in [5, 5.41) is 3.02. The van der Waals surface area contributed by atoms with Crippen LogP contribution in [0.4, 0.5) is 0 Å². The van der Waals surface area contributed by atoms with Crippen molar-refractivity contribution in [2.75, 3.05) is 0 Å². The van der Waals surface area contributed by atoms with Crippen LogP contribution in [-0.2, 0) is 14.4 Å². The van der Waals surface area contributed by atoms with Gasteiger partial charge in [0.1, 0.15) is 6.04 Å². The number of fused-ring (bicyclic) bond motifs is 1. The summed E-state index contributed by atoms with van der Waals surface area (Å²) in [5.74, 6) is -1.07. The zero-order valence-electron chi connectivity index (χ0n) is 17.1. The van der Waals surface area contributed by atoms with Crippen molar-refractivity contribution in [3.8, 4) is 0 Å². The first-order chi connectivity index (χ1) is 13.3. The molecule has 1 saturated heterocycles. The fourth-order valence-corrected chi connectivity index (χ4v) is 4.16. The SMILES string of the molecule is Cc1ccc(C(C)NC(=O)C(CC(C)C)N2C(=O)C3CC=CCC3C2=O)cc1. The second-order valence-corrected chi connectivity index (χ2v) is 8.49. The maximum atomic E-state index is 13.1. The van der Waals surface area contributed by atoms with E-state index in [1.807, 2.05) is 64.1 Å². The molecular formula is C23H30N2O3. The Hall–Kier alpha value is -2.43. The largest absolute Gasteiger partial charge is 0.348 e. The van der Waals surface area contributed by atoms with Crippen LogP contribution in [0.25, 0.3) is 0 Å². The Morgan fingerprint density at radius 2 is 1.57 bits per heavy atom. The number of nitrogens with zero attached hydrogens (tertiary/aromatic N) is 1. The number of carbonyl (C=O) groups excluding carboxylic acids is 3. The number of imide groups is 1. The third-order valence-electron chi connectivity index (χ3n) is 5.79. The standard InChI is InChI=1S/C23H30N2O3/c1-14(2)13-20(21(26)24-16(4)17-11-9-15(3)10-12-17)25-22(27)18-7-5-6-8-19(18)23(25)28/h5-6,9-12,14,16,18-20H,7-8,13H2,1-4H3,(H,24,26). The van der Waals surface area contributed by atoms with Crippen molar-refractivity contribution in [2.45, 2.75) is 59.0 Å². The Morgan fingerprint density at radius 1 is 1.04 bits per heavy atom. The molecule has 150 valence electrons. The predicted molar refractivity (Wildman–Crippen MR) is 108 cm³/mol.